The lowest BCUT2D eigenvalue weighted by Crippen LogP contribution is -2.26. The van der Waals surface area contributed by atoms with Crippen LogP contribution in [0.5, 0.6) is 0 Å². The molecule has 0 unspecified atom stereocenters. The minimum absolute atomic E-state index is 0.111. The van der Waals surface area contributed by atoms with E-state index in [2.05, 4.69) is 10.1 Å². The molecule has 0 aliphatic heterocycles. The predicted molar refractivity (Wildman–Crippen MR) is 79.6 cm³/mol. The highest BCUT2D eigenvalue weighted by Crippen LogP contribution is 2.28. The van der Waals surface area contributed by atoms with Gasteiger partial charge in [-0.3, -0.25) is 4.79 Å². The highest BCUT2D eigenvalue weighted by Gasteiger charge is 2.18. The topological polar surface area (TPSA) is 68.5 Å². The van der Waals surface area contributed by atoms with Gasteiger partial charge in [-0.2, -0.15) is 0 Å². The van der Waals surface area contributed by atoms with Crippen LogP contribution in [-0.4, -0.2) is 19.0 Å². The van der Waals surface area contributed by atoms with Gasteiger partial charge in [0.05, 0.1) is 23.9 Å². The Labute approximate surface area is 130 Å². The van der Waals surface area contributed by atoms with Crippen molar-refractivity contribution < 1.29 is 18.7 Å². The third-order valence-corrected chi connectivity index (χ3v) is 4.31. The van der Waals surface area contributed by atoms with E-state index in [-0.39, 0.29) is 24.1 Å². The van der Waals surface area contributed by atoms with Gasteiger partial charge in [0.1, 0.15) is 5.76 Å². The second kappa shape index (κ2) is 6.78. The van der Waals surface area contributed by atoms with Crippen LogP contribution in [0.1, 0.15) is 34.0 Å². The second-order valence-electron chi connectivity index (χ2n) is 4.34. The van der Waals surface area contributed by atoms with Crippen LogP contribution in [0.2, 0.25) is 4.34 Å². The van der Waals surface area contributed by atoms with Crippen molar-refractivity contribution in [1.82, 2.24) is 5.32 Å². The molecule has 21 heavy (non-hydrogen) atoms. The van der Waals surface area contributed by atoms with E-state index in [1.54, 1.807) is 19.1 Å². The lowest BCUT2D eigenvalue weighted by Gasteiger charge is -2.09. The van der Waals surface area contributed by atoms with E-state index in [1.165, 1.54) is 24.5 Å². The summed E-state index contributed by atoms with van der Waals surface area (Å²) in [5.41, 5.74) is 0. The summed E-state index contributed by atoms with van der Waals surface area (Å²) in [5.74, 6) is -0.378. The quantitative estimate of drug-likeness (QED) is 0.856. The first-order valence-electron chi connectivity index (χ1n) is 6.21. The summed E-state index contributed by atoms with van der Waals surface area (Å²) in [4.78, 5) is 24.2. The molecule has 2 rings (SSSR count). The highest BCUT2D eigenvalue weighted by molar-refractivity contribution is 7.16. The van der Waals surface area contributed by atoms with Gasteiger partial charge < -0.3 is 14.5 Å². The maximum absolute atomic E-state index is 12.0. The second-order valence-corrected chi connectivity index (χ2v) is 6.09. The first kappa shape index (κ1) is 15.6. The summed E-state index contributed by atoms with van der Waals surface area (Å²) in [7, 11) is 1.28. The summed E-state index contributed by atoms with van der Waals surface area (Å²) in [6, 6.07) is 6.73. The van der Waals surface area contributed by atoms with Crippen LogP contribution in [0.3, 0.4) is 0 Å². The molecule has 1 atom stereocenters. The van der Waals surface area contributed by atoms with Crippen LogP contribution in [0.15, 0.2) is 28.7 Å². The van der Waals surface area contributed by atoms with E-state index in [9.17, 15) is 9.59 Å². The molecular formula is C14H14ClNO4S. The van der Waals surface area contributed by atoms with Crippen molar-refractivity contribution in [2.45, 2.75) is 19.4 Å². The predicted octanol–water partition coefficient (Wildman–Crippen LogP) is 3.20. The lowest BCUT2D eigenvalue weighted by molar-refractivity contribution is -0.122. The number of carbonyl (C=O) groups is 2. The molecule has 0 fully saturated rings. The van der Waals surface area contributed by atoms with E-state index < -0.39 is 5.97 Å². The number of halogens is 1. The molecule has 1 N–H and O–H groups in total. The van der Waals surface area contributed by atoms with Crippen molar-refractivity contribution in [3.63, 3.8) is 0 Å². The fraction of sp³-hybridized carbons (Fsp3) is 0.286. The van der Waals surface area contributed by atoms with Crippen LogP contribution in [0, 0.1) is 0 Å². The van der Waals surface area contributed by atoms with E-state index in [0.29, 0.717) is 10.1 Å². The van der Waals surface area contributed by atoms with Crippen LogP contribution >= 0.6 is 22.9 Å². The molecular weight excluding hydrogens is 314 g/mol. The molecule has 0 aliphatic carbocycles. The van der Waals surface area contributed by atoms with Gasteiger partial charge in [0.2, 0.25) is 11.7 Å². The van der Waals surface area contributed by atoms with E-state index in [1.807, 2.05) is 6.07 Å². The molecule has 0 bridgehead atoms. The Kier molecular flexibility index (Phi) is 5.03. The molecule has 2 heterocycles. The van der Waals surface area contributed by atoms with Crippen LogP contribution < -0.4 is 5.32 Å². The molecule has 0 spiro atoms. The van der Waals surface area contributed by atoms with Gasteiger partial charge >= 0.3 is 5.97 Å². The van der Waals surface area contributed by atoms with E-state index in [0.717, 1.165) is 4.88 Å². The monoisotopic (exact) mass is 327 g/mol. The molecule has 1 amide bonds. The largest absolute Gasteiger partial charge is 0.463 e. The third-order valence-electron chi connectivity index (χ3n) is 2.90. The Balaban J connectivity index is 1.92. The third kappa shape index (κ3) is 3.86. The molecule has 2 aromatic heterocycles. The Morgan fingerprint density at radius 3 is 2.76 bits per heavy atom. The van der Waals surface area contributed by atoms with Gasteiger partial charge in [-0.15, -0.1) is 11.3 Å². The number of nitrogens with one attached hydrogen (secondary N) is 1. The van der Waals surface area contributed by atoms with Crippen LogP contribution in [0.4, 0.5) is 0 Å². The highest BCUT2D eigenvalue weighted by atomic mass is 35.5. The molecule has 2 aromatic rings. The number of rotatable bonds is 5. The van der Waals surface area contributed by atoms with Crippen molar-refractivity contribution in [3.05, 3.63) is 45.0 Å². The van der Waals surface area contributed by atoms with Gasteiger partial charge in [0.15, 0.2) is 0 Å². The number of esters is 1. The number of hydrogen-bond donors (Lipinski definition) is 1. The minimum atomic E-state index is -0.547. The van der Waals surface area contributed by atoms with Gasteiger partial charge in [-0.1, -0.05) is 11.6 Å². The smallest absolute Gasteiger partial charge is 0.373 e. The number of amides is 1. The van der Waals surface area contributed by atoms with Gasteiger partial charge in [0.25, 0.3) is 0 Å². The molecule has 0 radical (unpaired) electrons. The molecule has 0 aliphatic rings. The number of carbonyl (C=O) groups excluding carboxylic acids is 2. The fourth-order valence-electron chi connectivity index (χ4n) is 1.70. The Morgan fingerprint density at radius 1 is 1.38 bits per heavy atom. The summed E-state index contributed by atoms with van der Waals surface area (Å²) in [5, 5.41) is 2.76. The minimum Gasteiger partial charge on any atom is -0.463 e. The maximum Gasteiger partial charge on any atom is 0.373 e. The molecule has 0 aromatic carbocycles. The Bertz CT molecular complexity index is 649. The Morgan fingerprint density at radius 2 is 2.14 bits per heavy atom. The number of furan rings is 1. The number of thiophene rings is 1. The van der Waals surface area contributed by atoms with Crippen molar-refractivity contribution in [2.24, 2.45) is 0 Å². The molecule has 112 valence electrons. The number of hydrogen-bond acceptors (Lipinski definition) is 5. The standard InChI is InChI=1S/C14H14ClNO4S/c1-8(11-5-6-12(15)21-11)13(17)16-7-9-3-4-10(20-9)14(18)19-2/h3-6,8H,7H2,1-2H3,(H,16,17)/t8-/m1/s1. The zero-order valence-electron chi connectivity index (χ0n) is 11.5. The summed E-state index contributed by atoms with van der Waals surface area (Å²) in [6.45, 7) is 2.01. The van der Waals surface area contributed by atoms with Crippen LogP contribution in [0.25, 0.3) is 0 Å². The van der Waals surface area contributed by atoms with Crippen molar-refractivity contribution in [3.8, 4) is 0 Å². The van der Waals surface area contributed by atoms with Gasteiger partial charge in [-0.05, 0) is 31.2 Å². The van der Waals surface area contributed by atoms with E-state index in [4.69, 9.17) is 16.0 Å². The average molecular weight is 328 g/mol. The normalized spacial score (nSPS) is 12.0. The molecule has 0 saturated heterocycles. The SMILES string of the molecule is COC(=O)c1ccc(CNC(=O)[C@H](C)c2ccc(Cl)s2)o1. The number of methoxy groups -OCH3 is 1. The zero-order chi connectivity index (χ0) is 15.4. The summed E-state index contributed by atoms with van der Waals surface area (Å²) in [6.07, 6.45) is 0. The van der Waals surface area contributed by atoms with Crippen molar-refractivity contribution in [1.29, 1.82) is 0 Å². The van der Waals surface area contributed by atoms with Crippen molar-refractivity contribution in [2.75, 3.05) is 7.11 Å². The van der Waals surface area contributed by atoms with E-state index >= 15 is 0 Å². The first-order valence-corrected chi connectivity index (χ1v) is 7.40. The molecule has 5 nitrogen and oxygen atoms in total. The average Bonchev–Trinajstić information content (AvgIpc) is 3.12. The van der Waals surface area contributed by atoms with Crippen LogP contribution in [-0.2, 0) is 16.1 Å². The number of ether oxygens (including phenoxy) is 1. The van der Waals surface area contributed by atoms with Gasteiger partial charge in [0, 0.05) is 4.88 Å². The van der Waals surface area contributed by atoms with Gasteiger partial charge in [-0.25, -0.2) is 4.79 Å². The summed E-state index contributed by atoms with van der Waals surface area (Å²) < 4.78 is 10.5. The zero-order valence-corrected chi connectivity index (χ0v) is 13.1. The van der Waals surface area contributed by atoms with Crippen molar-refractivity contribution >= 4 is 34.8 Å². The lowest BCUT2D eigenvalue weighted by atomic mass is 10.1. The first-order chi connectivity index (χ1) is 10.0. The molecule has 7 heteroatoms. The molecule has 0 saturated carbocycles. The fourth-order valence-corrected chi connectivity index (χ4v) is 2.81. The maximum atomic E-state index is 12.0. The summed E-state index contributed by atoms with van der Waals surface area (Å²) >= 11 is 7.23. The Hall–Kier alpha value is -1.79.